The van der Waals surface area contributed by atoms with Gasteiger partial charge in [-0.25, -0.2) is 0 Å². The van der Waals surface area contributed by atoms with Gasteiger partial charge in [-0.15, -0.1) is 0 Å². The summed E-state index contributed by atoms with van der Waals surface area (Å²) < 4.78 is 0. The predicted molar refractivity (Wildman–Crippen MR) is 92.6 cm³/mol. The van der Waals surface area contributed by atoms with Gasteiger partial charge in [0, 0.05) is 12.1 Å². The summed E-state index contributed by atoms with van der Waals surface area (Å²) in [6.07, 6.45) is 5.02. The minimum atomic E-state index is 0.436. The van der Waals surface area contributed by atoms with Crippen molar-refractivity contribution in [1.82, 2.24) is 5.32 Å². The van der Waals surface area contributed by atoms with Crippen LogP contribution in [0.4, 0.5) is 0 Å². The first-order chi connectivity index (χ1) is 9.71. The van der Waals surface area contributed by atoms with Gasteiger partial charge in [-0.1, -0.05) is 58.9 Å². The second-order valence-electron chi connectivity index (χ2n) is 8.59. The van der Waals surface area contributed by atoms with Gasteiger partial charge in [-0.3, -0.25) is 0 Å². The van der Waals surface area contributed by atoms with E-state index in [4.69, 9.17) is 0 Å². The highest BCUT2D eigenvalue weighted by molar-refractivity contribution is 5.24. The van der Waals surface area contributed by atoms with Gasteiger partial charge in [0.15, 0.2) is 0 Å². The molecular formula is C20H33N. The number of rotatable bonds is 4. The van der Waals surface area contributed by atoms with Gasteiger partial charge in [0.2, 0.25) is 0 Å². The van der Waals surface area contributed by atoms with Gasteiger partial charge >= 0.3 is 0 Å². The quantitative estimate of drug-likeness (QED) is 0.770. The third kappa shape index (κ3) is 4.57. The summed E-state index contributed by atoms with van der Waals surface area (Å²) in [5.41, 5.74) is 3.73. The molecule has 1 N–H and O–H groups in total. The van der Waals surface area contributed by atoms with Crippen LogP contribution in [0.1, 0.15) is 78.0 Å². The molecule has 1 saturated carbocycles. The standard InChI is InChI=1S/C20H33N/c1-7-16-8-10-17(11-9-16)15(2)21-18-12-19(3,4)14-20(5,6)13-18/h8-11,15,18,21H,7,12-14H2,1-6H3. The molecule has 1 fully saturated rings. The maximum absolute atomic E-state index is 3.88. The van der Waals surface area contributed by atoms with Gasteiger partial charge in [0.05, 0.1) is 0 Å². The molecule has 0 spiro atoms. The second-order valence-corrected chi connectivity index (χ2v) is 8.59. The first-order valence-corrected chi connectivity index (χ1v) is 8.56. The average molecular weight is 287 g/mol. The number of aryl methyl sites for hydroxylation is 1. The molecule has 1 unspecified atom stereocenters. The van der Waals surface area contributed by atoms with E-state index in [9.17, 15) is 0 Å². The summed E-state index contributed by atoms with van der Waals surface area (Å²) in [4.78, 5) is 0. The van der Waals surface area contributed by atoms with Crippen molar-refractivity contribution in [2.75, 3.05) is 0 Å². The summed E-state index contributed by atoms with van der Waals surface area (Å²) >= 11 is 0. The van der Waals surface area contributed by atoms with Crippen LogP contribution in [0.2, 0.25) is 0 Å². The number of nitrogens with one attached hydrogen (secondary N) is 1. The third-order valence-electron chi connectivity index (χ3n) is 4.93. The lowest BCUT2D eigenvalue weighted by molar-refractivity contribution is 0.0811. The number of benzene rings is 1. The molecule has 21 heavy (non-hydrogen) atoms. The van der Waals surface area contributed by atoms with E-state index in [1.165, 1.54) is 30.4 Å². The lowest BCUT2D eigenvalue weighted by Crippen LogP contribution is -2.44. The van der Waals surface area contributed by atoms with Crippen molar-refractivity contribution in [2.24, 2.45) is 10.8 Å². The highest BCUT2D eigenvalue weighted by Crippen LogP contribution is 2.46. The van der Waals surface area contributed by atoms with Crippen molar-refractivity contribution in [3.05, 3.63) is 35.4 Å². The monoisotopic (exact) mass is 287 g/mol. The van der Waals surface area contributed by atoms with Crippen LogP contribution in [0.5, 0.6) is 0 Å². The van der Waals surface area contributed by atoms with Crippen molar-refractivity contribution >= 4 is 0 Å². The zero-order chi connectivity index (χ0) is 15.7. The molecule has 0 amide bonds. The normalized spacial score (nSPS) is 23.0. The fraction of sp³-hybridized carbons (Fsp3) is 0.700. The fourth-order valence-electron chi connectivity index (χ4n) is 4.46. The van der Waals surface area contributed by atoms with Crippen molar-refractivity contribution in [2.45, 2.75) is 79.3 Å². The van der Waals surface area contributed by atoms with E-state index in [-0.39, 0.29) is 0 Å². The Labute approximate surface area is 131 Å². The molecule has 1 aliphatic rings. The first kappa shape index (κ1) is 16.5. The molecule has 2 rings (SSSR count). The molecule has 118 valence electrons. The molecule has 1 heteroatoms. The molecule has 0 aliphatic heterocycles. The van der Waals surface area contributed by atoms with Gasteiger partial charge < -0.3 is 5.32 Å². The topological polar surface area (TPSA) is 12.0 Å². The summed E-state index contributed by atoms with van der Waals surface area (Å²) in [7, 11) is 0. The average Bonchev–Trinajstić information content (AvgIpc) is 2.35. The largest absolute Gasteiger partial charge is 0.307 e. The minimum absolute atomic E-state index is 0.436. The van der Waals surface area contributed by atoms with Crippen molar-refractivity contribution in [3.8, 4) is 0 Å². The van der Waals surface area contributed by atoms with Crippen LogP contribution in [-0.4, -0.2) is 6.04 Å². The predicted octanol–water partition coefficient (Wildman–Crippen LogP) is 5.50. The fourth-order valence-corrected chi connectivity index (χ4v) is 4.46. The van der Waals surface area contributed by atoms with Crippen LogP contribution in [0, 0.1) is 10.8 Å². The van der Waals surface area contributed by atoms with E-state index < -0.39 is 0 Å². The molecular weight excluding hydrogens is 254 g/mol. The molecule has 1 aliphatic carbocycles. The summed E-state index contributed by atoms with van der Waals surface area (Å²) in [5.74, 6) is 0. The van der Waals surface area contributed by atoms with Crippen LogP contribution in [-0.2, 0) is 6.42 Å². The Morgan fingerprint density at radius 3 is 2.05 bits per heavy atom. The second kappa shape index (κ2) is 6.12. The lowest BCUT2D eigenvalue weighted by Gasteiger charge is -2.46. The highest BCUT2D eigenvalue weighted by atomic mass is 15.0. The number of hydrogen-bond donors (Lipinski definition) is 1. The lowest BCUT2D eigenvalue weighted by atomic mass is 9.63. The molecule has 0 heterocycles. The van der Waals surface area contributed by atoms with Gasteiger partial charge in [0.1, 0.15) is 0 Å². The molecule has 1 atom stereocenters. The smallest absolute Gasteiger partial charge is 0.0294 e. The molecule has 0 bridgehead atoms. The van der Waals surface area contributed by atoms with Crippen LogP contribution >= 0.6 is 0 Å². The Morgan fingerprint density at radius 2 is 1.57 bits per heavy atom. The van der Waals surface area contributed by atoms with Crippen LogP contribution in [0.15, 0.2) is 24.3 Å². The Morgan fingerprint density at radius 1 is 1.05 bits per heavy atom. The van der Waals surface area contributed by atoms with E-state index >= 15 is 0 Å². The van der Waals surface area contributed by atoms with Crippen LogP contribution < -0.4 is 5.32 Å². The van der Waals surface area contributed by atoms with Crippen molar-refractivity contribution < 1.29 is 0 Å². The molecule has 0 saturated heterocycles. The van der Waals surface area contributed by atoms with Gasteiger partial charge in [-0.2, -0.15) is 0 Å². The van der Waals surface area contributed by atoms with Crippen molar-refractivity contribution in [1.29, 1.82) is 0 Å². The molecule has 1 aromatic carbocycles. The van der Waals surface area contributed by atoms with E-state index in [0.29, 0.717) is 22.9 Å². The zero-order valence-electron chi connectivity index (χ0n) is 14.8. The maximum atomic E-state index is 3.88. The SMILES string of the molecule is CCc1ccc(C(C)NC2CC(C)(C)CC(C)(C)C2)cc1. The highest BCUT2D eigenvalue weighted by Gasteiger charge is 2.38. The Kier molecular flexibility index (Phi) is 4.82. The Balaban J connectivity index is 2.02. The molecule has 1 aromatic rings. The summed E-state index contributed by atoms with van der Waals surface area (Å²) in [6, 6.07) is 10.2. The summed E-state index contributed by atoms with van der Waals surface area (Å²) in [5, 5.41) is 3.88. The van der Waals surface area contributed by atoms with Crippen LogP contribution in [0.3, 0.4) is 0 Å². The summed E-state index contributed by atoms with van der Waals surface area (Å²) in [6.45, 7) is 14.2. The first-order valence-electron chi connectivity index (χ1n) is 8.56. The van der Waals surface area contributed by atoms with Gasteiger partial charge in [-0.05, 0) is 54.6 Å². The van der Waals surface area contributed by atoms with Crippen LogP contribution in [0.25, 0.3) is 0 Å². The Bertz CT molecular complexity index is 439. The van der Waals surface area contributed by atoms with E-state index in [1.807, 2.05) is 0 Å². The maximum Gasteiger partial charge on any atom is 0.0294 e. The van der Waals surface area contributed by atoms with Crippen molar-refractivity contribution in [3.63, 3.8) is 0 Å². The van der Waals surface area contributed by atoms with E-state index in [2.05, 4.69) is 71.1 Å². The minimum Gasteiger partial charge on any atom is -0.307 e. The van der Waals surface area contributed by atoms with E-state index in [0.717, 1.165) is 6.42 Å². The molecule has 1 nitrogen and oxygen atoms in total. The molecule has 0 aromatic heterocycles. The van der Waals surface area contributed by atoms with Gasteiger partial charge in [0.25, 0.3) is 0 Å². The third-order valence-corrected chi connectivity index (χ3v) is 4.93. The molecule has 0 radical (unpaired) electrons. The number of hydrogen-bond acceptors (Lipinski definition) is 1. The Hall–Kier alpha value is -0.820. The zero-order valence-corrected chi connectivity index (χ0v) is 14.8. The van der Waals surface area contributed by atoms with E-state index in [1.54, 1.807) is 0 Å².